The van der Waals surface area contributed by atoms with Gasteiger partial charge >= 0.3 is 0 Å². The van der Waals surface area contributed by atoms with Crippen molar-refractivity contribution in [2.45, 2.75) is 29.4 Å². The van der Waals surface area contributed by atoms with Crippen molar-refractivity contribution in [1.82, 2.24) is 0 Å². The molecule has 1 saturated carbocycles. The van der Waals surface area contributed by atoms with Gasteiger partial charge in [-0.2, -0.15) is 0 Å². The van der Waals surface area contributed by atoms with Crippen LogP contribution in [0.4, 0.5) is 0 Å². The van der Waals surface area contributed by atoms with Gasteiger partial charge in [0, 0.05) is 0 Å². The second-order valence-corrected chi connectivity index (χ2v) is 6.51. The maximum Gasteiger partial charge on any atom is 0.186 e. The molecule has 1 fully saturated rings. The van der Waals surface area contributed by atoms with Crippen LogP contribution in [0.3, 0.4) is 0 Å². The first kappa shape index (κ1) is 10.6. The maximum atomic E-state index is 12.1. The van der Waals surface area contributed by atoms with Crippen molar-refractivity contribution in [3.8, 4) is 0 Å². The van der Waals surface area contributed by atoms with Crippen LogP contribution in [0.1, 0.15) is 18.4 Å². The first-order valence-electron chi connectivity index (χ1n) is 4.94. The fraction of sp³-hybridized carbons (Fsp3) is 0.455. The van der Waals surface area contributed by atoms with Crippen LogP contribution in [0.15, 0.2) is 29.2 Å². The molecule has 4 heteroatoms. The lowest BCUT2D eigenvalue weighted by molar-refractivity contribution is 0.283. The fourth-order valence-electron chi connectivity index (χ4n) is 1.68. The van der Waals surface area contributed by atoms with E-state index in [4.69, 9.17) is 5.11 Å². The minimum atomic E-state index is -3.35. The Hall–Kier alpha value is -0.870. The first-order valence-corrected chi connectivity index (χ1v) is 6.42. The summed E-state index contributed by atoms with van der Waals surface area (Å²) in [6.45, 7) is 1.58. The average molecular weight is 226 g/mol. The Kier molecular flexibility index (Phi) is 2.35. The summed E-state index contributed by atoms with van der Waals surface area (Å²) in [5, 5.41) is 9.14. The van der Waals surface area contributed by atoms with Crippen LogP contribution in [0.25, 0.3) is 0 Å². The zero-order valence-electron chi connectivity index (χ0n) is 8.60. The molecule has 0 unspecified atom stereocenters. The molecule has 0 bridgehead atoms. The summed E-state index contributed by atoms with van der Waals surface area (Å²) >= 11 is 0. The van der Waals surface area contributed by atoms with E-state index in [0.29, 0.717) is 17.7 Å². The Morgan fingerprint density at radius 1 is 1.40 bits per heavy atom. The molecule has 0 aliphatic heterocycles. The first-order chi connectivity index (χ1) is 7.02. The molecule has 0 heterocycles. The van der Waals surface area contributed by atoms with Gasteiger partial charge < -0.3 is 5.11 Å². The molecule has 1 aliphatic rings. The van der Waals surface area contributed by atoms with E-state index < -0.39 is 14.6 Å². The van der Waals surface area contributed by atoms with Crippen LogP contribution < -0.4 is 0 Å². The van der Waals surface area contributed by atoms with Gasteiger partial charge in [0.1, 0.15) is 0 Å². The average Bonchev–Trinajstić information content (AvgIpc) is 2.98. The number of sulfone groups is 1. The molecule has 3 nitrogen and oxygen atoms in total. The molecule has 0 aromatic heterocycles. The second kappa shape index (κ2) is 3.32. The normalized spacial score (nSPS) is 18.8. The van der Waals surface area contributed by atoms with E-state index in [0.717, 1.165) is 5.56 Å². The minimum Gasteiger partial charge on any atom is -0.395 e. The highest BCUT2D eigenvalue weighted by atomic mass is 32.2. The highest BCUT2D eigenvalue weighted by Crippen LogP contribution is 2.46. The molecule has 82 valence electrons. The zero-order valence-corrected chi connectivity index (χ0v) is 9.42. The lowest BCUT2D eigenvalue weighted by Crippen LogP contribution is -2.27. The van der Waals surface area contributed by atoms with Crippen LogP contribution in [0.5, 0.6) is 0 Å². The van der Waals surface area contributed by atoms with Crippen molar-refractivity contribution in [2.75, 3.05) is 6.61 Å². The lowest BCUT2D eigenvalue weighted by atomic mass is 10.2. The number of hydrogen-bond acceptors (Lipinski definition) is 3. The van der Waals surface area contributed by atoms with E-state index in [1.807, 2.05) is 13.0 Å². The minimum absolute atomic E-state index is 0.275. The van der Waals surface area contributed by atoms with Crippen LogP contribution in [0.2, 0.25) is 0 Å². The van der Waals surface area contributed by atoms with Crippen molar-refractivity contribution >= 4 is 9.84 Å². The Labute approximate surface area is 89.7 Å². The van der Waals surface area contributed by atoms with Crippen molar-refractivity contribution < 1.29 is 13.5 Å². The highest BCUT2D eigenvalue weighted by Gasteiger charge is 2.54. The largest absolute Gasteiger partial charge is 0.395 e. The smallest absolute Gasteiger partial charge is 0.186 e. The molecular weight excluding hydrogens is 212 g/mol. The molecule has 0 spiro atoms. The third-order valence-electron chi connectivity index (χ3n) is 2.97. The quantitative estimate of drug-likeness (QED) is 0.845. The number of aliphatic hydroxyl groups excluding tert-OH is 1. The molecule has 0 saturated heterocycles. The number of aryl methyl sites for hydroxylation is 1. The molecule has 2 rings (SSSR count). The molecule has 0 atom stereocenters. The van der Waals surface area contributed by atoms with E-state index in [1.165, 1.54) is 0 Å². The number of aliphatic hydroxyl groups is 1. The SMILES string of the molecule is Cc1cccc(S(=O)(=O)C2(CO)CC2)c1. The molecule has 1 aromatic rings. The Morgan fingerprint density at radius 2 is 2.07 bits per heavy atom. The van der Waals surface area contributed by atoms with E-state index in [1.54, 1.807) is 18.2 Å². The molecule has 0 radical (unpaired) electrons. The van der Waals surface area contributed by atoms with E-state index in [-0.39, 0.29) is 6.61 Å². The predicted molar refractivity (Wildman–Crippen MR) is 57.4 cm³/mol. The molecule has 1 N–H and O–H groups in total. The molecular formula is C11H14O3S. The molecule has 15 heavy (non-hydrogen) atoms. The van der Waals surface area contributed by atoms with Crippen LogP contribution in [-0.4, -0.2) is 24.9 Å². The Bertz CT molecular complexity index is 472. The van der Waals surface area contributed by atoms with Gasteiger partial charge in [0.05, 0.1) is 16.2 Å². The van der Waals surface area contributed by atoms with Gasteiger partial charge in [0.15, 0.2) is 9.84 Å². The third-order valence-corrected chi connectivity index (χ3v) is 5.52. The molecule has 1 aromatic carbocycles. The summed E-state index contributed by atoms with van der Waals surface area (Å²) in [6.07, 6.45) is 1.14. The van der Waals surface area contributed by atoms with E-state index in [9.17, 15) is 8.42 Å². The Morgan fingerprint density at radius 3 is 2.53 bits per heavy atom. The van der Waals surface area contributed by atoms with Gasteiger partial charge in [0.2, 0.25) is 0 Å². The van der Waals surface area contributed by atoms with Gasteiger partial charge in [-0.15, -0.1) is 0 Å². The lowest BCUT2D eigenvalue weighted by Gasteiger charge is -2.13. The van der Waals surface area contributed by atoms with Crippen molar-refractivity contribution in [3.05, 3.63) is 29.8 Å². The van der Waals surface area contributed by atoms with E-state index in [2.05, 4.69) is 0 Å². The van der Waals surface area contributed by atoms with E-state index >= 15 is 0 Å². The Balaban J connectivity index is 2.47. The van der Waals surface area contributed by atoms with Crippen molar-refractivity contribution in [2.24, 2.45) is 0 Å². The third kappa shape index (κ3) is 1.58. The van der Waals surface area contributed by atoms with Crippen molar-refractivity contribution in [1.29, 1.82) is 0 Å². The summed E-state index contributed by atoms with van der Waals surface area (Å²) in [6, 6.07) is 6.84. The maximum absolute atomic E-state index is 12.1. The van der Waals surface area contributed by atoms with Gasteiger partial charge in [0.25, 0.3) is 0 Å². The summed E-state index contributed by atoms with van der Waals surface area (Å²) in [7, 11) is -3.35. The summed E-state index contributed by atoms with van der Waals surface area (Å²) in [5.41, 5.74) is 0.921. The summed E-state index contributed by atoms with van der Waals surface area (Å²) in [4.78, 5) is 0.328. The number of benzene rings is 1. The summed E-state index contributed by atoms with van der Waals surface area (Å²) < 4.78 is 23.4. The van der Waals surface area contributed by atoms with Gasteiger partial charge in [-0.3, -0.25) is 0 Å². The monoisotopic (exact) mass is 226 g/mol. The van der Waals surface area contributed by atoms with Gasteiger partial charge in [-0.1, -0.05) is 12.1 Å². The van der Waals surface area contributed by atoms with Crippen LogP contribution in [0, 0.1) is 6.92 Å². The van der Waals surface area contributed by atoms with Crippen LogP contribution >= 0.6 is 0 Å². The predicted octanol–water partition coefficient (Wildman–Crippen LogP) is 1.29. The van der Waals surface area contributed by atoms with Gasteiger partial charge in [-0.05, 0) is 37.5 Å². The van der Waals surface area contributed by atoms with Gasteiger partial charge in [-0.25, -0.2) is 8.42 Å². The topological polar surface area (TPSA) is 54.4 Å². The number of hydrogen-bond donors (Lipinski definition) is 1. The summed E-state index contributed by atoms with van der Waals surface area (Å²) in [5.74, 6) is 0. The zero-order chi connectivity index (χ0) is 11.1. The highest BCUT2D eigenvalue weighted by molar-refractivity contribution is 7.93. The van der Waals surface area contributed by atoms with Crippen LogP contribution in [-0.2, 0) is 9.84 Å². The second-order valence-electron chi connectivity index (χ2n) is 4.16. The molecule has 0 amide bonds. The van der Waals surface area contributed by atoms with Crippen molar-refractivity contribution in [3.63, 3.8) is 0 Å². The fourth-order valence-corrected chi connectivity index (χ4v) is 3.59. The standard InChI is InChI=1S/C11H14O3S/c1-9-3-2-4-10(7-9)15(13,14)11(8-12)5-6-11/h2-4,7,12H,5-6,8H2,1H3. The molecule has 1 aliphatic carbocycles. The number of rotatable bonds is 3.